The standard InChI is InChI=1S/C24H25N5O5/c1-32-23-19(34-15-21(31)28-9-11-33-12-10-28)5-4-17-22(23)27-20(29-8-7-26-24(17)29)13-18(30)16-3-2-6-25-14-16/h2-6,13-14,27H,7-12,15H2,1H3/b20-13+. The molecule has 5 rings (SSSR count). The molecule has 3 aliphatic rings. The van der Waals surface area contributed by atoms with Crippen molar-refractivity contribution in [1.29, 1.82) is 0 Å². The van der Waals surface area contributed by atoms with Gasteiger partial charge >= 0.3 is 0 Å². The molecule has 0 spiro atoms. The van der Waals surface area contributed by atoms with E-state index in [0.717, 1.165) is 11.4 Å². The van der Waals surface area contributed by atoms with Crippen molar-refractivity contribution < 1.29 is 23.8 Å². The molecule has 10 nitrogen and oxygen atoms in total. The van der Waals surface area contributed by atoms with Crippen LogP contribution >= 0.6 is 0 Å². The highest BCUT2D eigenvalue weighted by atomic mass is 16.5. The van der Waals surface area contributed by atoms with Gasteiger partial charge < -0.3 is 29.3 Å². The summed E-state index contributed by atoms with van der Waals surface area (Å²) in [5, 5.41) is 3.33. The monoisotopic (exact) mass is 463 g/mol. The molecule has 10 heteroatoms. The van der Waals surface area contributed by atoms with Crippen LogP contribution in [0.1, 0.15) is 15.9 Å². The highest BCUT2D eigenvalue weighted by molar-refractivity contribution is 6.11. The van der Waals surface area contributed by atoms with Gasteiger partial charge in [-0.15, -0.1) is 0 Å². The fourth-order valence-electron chi connectivity index (χ4n) is 4.17. The minimum absolute atomic E-state index is 0.106. The fourth-order valence-corrected chi connectivity index (χ4v) is 4.17. The number of allylic oxidation sites excluding steroid dienone is 1. The molecule has 1 amide bonds. The minimum atomic E-state index is -0.173. The Morgan fingerprint density at radius 3 is 2.82 bits per heavy atom. The number of nitrogens with zero attached hydrogens (tertiary/aromatic N) is 4. The number of carbonyl (C=O) groups excluding carboxylic acids is 2. The number of anilines is 1. The predicted octanol–water partition coefficient (Wildman–Crippen LogP) is 1.54. The number of methoxy groups -OCH3 is 1. The van der Waals surface area contributed by atoms with Gasteiger partial charge in [-0.05, 0) is 24.3 Å². The maximum atomic E-state index is 12.8. The molecule has 1 aromatic carbocycles. The average Bonchev–Trinajstić information content (AvgIpc) is 3.38. The van der Waals surface area contributed by atoms with Gasteiger partial charge in [-0.3, -0.25) is 19.6 Å². The van der Waals surface area contributed by atoms with Gasteiger partial charge in [-0.25, -0.2) is 0 Å². The van der Waals surface area contributed by atoms with Crippen molar-refractivity contribution in [1.82, 2.24) is 14.8 Å². The van der Waals surface area contributed by atoms with Crippen LogP contribution in [0.3, 0.4) is 0 Å². The second kappa shape index (κ2) is 9.52. The van der Waals surface area contributed by atoms with Gasteiger partial charge in [0.05, 0.1) is 32.6 Å². The summed E-state index contributed by atoms with van der Waals surface area (Å²) in [6.45, 7) is 3.34. The fraction of sp³-hybridized carbons (Fsp3) is 0.333. The Morgan fingerprint density at radius 2 is 2.06 bits per heavy atom. The van der Waals surface area contributed by atoms with E-state index < -0.39 is 0 Å². The van der Waals surface area contributed by atoms with Crippen LogP contribution in [0, 0.1) is 0 Å². The molecule has 0 radical (unpaired) electrons. The molecular weight excluding hydrogens is 438 g/mol. The summed E-state index contributed by atoms with van der Waals surface area (Å²) in [5.41, 5.74) is 1.97. The largest absolute Gasteiger partial charge is 0.491 e. The van der Waals surface area contributed by atoms with Crippen molar-refractivity contribution in [2.24, 2.45) is 4.99 Å². The van der Waals surface area contributed by atoms with Crippen molar-refractivity contribution in [3.63, 3.8) is 0 Å². The van der Waals surface area contributed by atoms with E-state index >= 15 is 0 Å². The lowest BCUT2D eigenvalue weighted by atomic mass is 10.1. The topological polar surface area (TPSA) is 106 Å². The van der Waals surface area contributed by atoms with E-state index in [9.17, 15) is 9.59 Å². The molecule has 0 atom stereocenters. The summed E-state index contributed by atoms with van der Waals surface area (Å²) in [6, 6.07) is 7.11. The number of fused-ring (bicyclic) bond motifs is 3. The molecule has 176 valence electrons. The van der Waals surface area contributed by atoms with Crippen LogP contribution in [-0.2, 0) is 9.53 Å². The van der Waals surface area contributed by atoms with Crippen LogP contribution in [0.4, 0.5) is 5.69 Å². The zero-order valence-corrected chi connectivity index (χ0v) is 18.8. The van der Waals surface area contributed by atoms with Crippen molar-refractivity contribution in [2.75, 3.05) is 58.4 Å². The third-order valence-corrected chi connectivity index (χ3v) is 5.88. The number of hydrogen-bond acceptors (Lipinski definition) is 9. The molecule has 1 fully saturated rings. The van der Waals surface area contributed by atoms with E-state index in [1.165, 1.54) is 12.3 Å². The molecule has 0 saturated carbocycles. The zero-order valence-electron chi connectivity index (χ0n) is 18.8. The van der Waals surface area contributed by atoms with Gasteiger partial charge in [-0.1, -0.05) is 0 Å². The molecule has 0 aliphatic carbocycles. The van der Waals surface area contributed by atoms with E-state index in [4.69, 9.17) is 14.2 Å². The lowest BCUT2D eigenvalue weighted by molar-refractivity contribution is -0.137. The van der Waals surface area contributed by atoms with E-state index in [2.05, 4.69) is 15.3 Å². The third-order valence-electron chi connectivity index (χ3n) is 5.88. The van der Waals surface area contributed by atoms with Crippen LogP contribution in [0.2, 0.25) is 0 Å². The molecule has 0 unspecified atom stereocenters. The Balaban J connectivity index is 1.42. The average molecular weight is 463 g/mol. The minimum Gasteiger partial charge on any atom is -0.491 e. The van der Waals surface area contributed by atoms with Gasteiger partial charge in [0.25, 0.3) is 5.91 Å². The maximum Gasteiger partial charge on any atom is 0.260 e. The van der Waals surface area contributed by atoms with Gasteiger partial charge in [0.15, 0.2) is 23.9 Å². The van der Waals surface area contributed by atoms with Crippen LogP contribution in [-0.4, -0.2) is 85.4 Å². The second-order valence-electron chi connectivity index (χ2n) is 7.92. The number of aromatic nitrogens is 1. The van der Waals surface area contributed by atoms with Gasteiger partial charge in [0, 0.05) is 49.2 Å². The molecule has 0 bridgehead atoms. The van der Waals surface area contributed by atoms with Crippen molar-refractivity contribution in [3.8, 4) is 11.5 Å². The van der Waals surface area contributed by atoms with E-state index in [1.54, 1.807) is 36.4 Å². The van der Waals surface area contributed by atoms with Crippen LogP contribution in [0.25, 0.3) is 0 Å². The SMILES string of the molecule is COc1c(OCC(=O)N2CCOCC2)ccc2c1N/C(=C\C(=O)c1cccnc1)N1CCN=C21. The number of nitrogens with one attached hydrogen (secondary N) is 1. The second-order valence-corrected chi connectivity index (χ2v) is 7.92. The number of ketones is 1. The summed E-state index contributed by atoms with van der Waals surface area (Å²) in [4.78, 5) is 37.7. The highest BCUT2D eigenvalue weighted by Gasteiger charge is 2.33. The Kier molecular flexibility index (Phi) is 6.13. The number of amides is 1. The number of hydrogen-bond donors (Lipinski definition) is 1. The molecule has 3 aliphatic heterocycles. The van der Waals surface area contributed by atoms with Crippen LogP contribution in [0.5, 0.6) is 11.5 Å². The number of benzene rings is 1. The Labute approximate surface area is 196 Å². The first-order valence-electron chi connectivity index (χ1n) is 11.1. The summed E-state index contributed by atoms with van der Waals surface area (Å²) in [5.74, 6) is 1.95. The van der Waals surface area contributed by atoms with Crippen molar-refractivity contribution >= 4 is 23.2 Å². The van der Waals surface area contributed by atoms with Gasteiger partial charge in [-0.2, -0.15) is 0 Å². The number of rotatable bonds is 6. The summed E-state index contributed by atoms with van der Waals surface area (Å²) in [6.07, 6.45) is 4.70. The molecular formula is C24H25N5O5. The molecule has 34 heavy (non-hydrogen) atoms. The van der Waals surface area contributed by atoms with E-state index in [0.29, 0.717) is 68.0 Å². The van der Waals surface area contributed by atoms with Gasteiger partial charge in [0.2, 0.25) is 0 Å². The first-order chi connectivity index (χ1) is 16.7. The van der Waals surface area contributed by atoms with Crippen molar-refractivity contribution in [2.45, 2.75) is 0 Å². The van der Waals surface area contributed by atoms with Crippen LogP contribution in [0.15, 0.2) is 53.5 Å². The Hall–Kier alpha value is -3.92. The quantitative estimate of drug-likeness (QED) is 0.508. The molecule has 1 N–H and O–H groups in total. The smallest absolute Gasteiger partial charge is 0.260 e. The summed E-state index contributed by atoms with van der Waals surface area (Å²) < 4.78 is 16.8. The third kappa shape index (κ3) is 4.19. The summed E-state index contributed by atoms with van der Waals surface area (Å²) in [7, 11) is 1.54. The Bertz CT molecular complexity index is 1160. The normalized spacial score (nSPS) is 18.0. The zero-order chi connectivity index (χ0) is 23.5. The molecule has 1 aromatic heterocycles. The number of pyridine rings is 1. The number of ether oxygens (including phenoxy) is 3. The van der Waals surface area contributed by atoms with Gasteiger partial charge in [0.1, 0.15) is 11.7 Å². The number of amidine groups is 1. The first-order valence-corrected chi connectivity index (χ1v) is 11.1. The molecule has 1 saturated heterocycles. The molecule has 4 heterocycles. The first kappa shape index (κ1) is 21.9. The van der Waals surface area contributed by atoms with E-state index in [-0.39, 0.29) is 18.3 Å². The lowest BCUT2D eigenvalue weighted by Gasteiger charge is -2.32. The maximum absolute atomic E-state index is 12.8. The molecule has 2 aromatic rings. The summed E-state index contributed by atoms with van der Waals surface area (Å²) >= 11 is 0. The van der Waals surface area contributed by atoms with E-state index in [1.807, 2.05) is 11.0 Å². The van der Waals surface area contributed by atoms with Crippen molar-refractivity contribution in [3.05, 3.63) is 59.7 Å². The Morgan fingerprint density at radius 1 is 1.21 bits per heavy atom. The van der Waals surface area contributed by atoms with Crippen LogP contribution < -0.4 is 14.8 Å². The lowest BCUT2D eigenvalue weighted by Crippen LogP contribution is -2.43. The number of carbonyl (C=O) groups is 2. The highest BCUT2D eigenvalue weighted by Crippen LogP contribution is 2.43. The number of morpholine rings is 1. The predicted molar refractivity (Wildman–Crippen MR) is 124 cm³/mol. The number of aliphatic imine (C=N–C) groups is 1.